The molecule has 21 heavy (non-hydrogen) atoms. The average molecular weight is 279 g/mol. The van der Waals surface area contributed by atoms with Gasteiger partial charge in [-0.1, -0.05) is 26.8 Å². The number of nitrogens with zero attached hydrogens (tertiary/aromatic N) is 1. The van der Waals surface area contributed by atoms with Gasteiger partial charge in [-0.05, 0) is 59.0 Å². The zero-order valence-corrected chi connectivity index (χ0v) is 13.1. The van der Waals surface area contributed by atoms with Crippen molar-refractivity contribution < 1.29 is 4.74 Å². The van der Waals surface area contributed by atoms with Crippen LogP contribution in [-0.2, 0) is 5.41 Å². The molecule has 0 atom stereocenters. The number of hydrogen-bond donors (Lipinski definition) is 0. The molecule has 2 aromatic heterocycles. The number of methoxy groups -OCH3 is 1. The molecule has 0 bridgehead atoms. The zero-order chi connectivity index (χ0) is 15.0. The Morgan fingerprint density at radius 2 is 1.67 bits per heavy atom. The highest BCUT2D eigenvalue weighted by Crippen LogP contribution is 2.29. The lowest BCUT2D eigenvalue weighted by atomic mass is 9.89. The molecular weight excluding hydrogens is 258 g/mol. The first kappa shape index (κ1) is 13.7. The molecule has 0 saturated heterocycles. The van der Waals surface area contributed by atoms with Crippen molar-refractivity contribution in [1.29, 1.82) is 0 Å². The Labute approximate surface area is 126 Å². The lowest BCUT2D eigenvalue weighted by Crippen LogP contribution is -2.09. The largest absolute Gasteiger partial charge is 0.497 e. The second kappa shape index (κ2) is 4.96. The Hall–Kier alpha value is -2.22. The van der Waals surface area contributed by atoms with E-state index in [1.165, 1.54) is 22.3 Å². The Bertz CT molecular complexity index is 760. The van der Waals surface area contributed by atoms with Crippen molar-refractivity contribution in [3.05, 3.63) is 60.3 Å². The minimum Gasteiger partial charge on any atom is -0.497 e. The maximum Gasteiger partial charge on any atom is 0.118 e. The van der Waals surface area contributed by atoms with Gasteiger partial charge in [-0.15, -0.1) is 0 Å². The van der Waals surface area contributed by atoms with Gasteiger partial charge in [0.2, 0.25) is 0 Å². The second-order valence-electron chi connectivity index (χ2n) is 6.41. The van der Waals surface area contributed by atoms with Gasteiger partial charge in [-0.3, -0.25) is 0 Å². The molecule has 2 nitrogen and oxygen atoms in total. The lowest BCUT2D eigenvalue weighted by molar-refractivity contribution is 0.415. The van der Waals surface area contributed by atoms with E-state index < -0.39 is 0 Å². The molecule has 3 aromatic rings. The summed E-state index contributed by atoms with van der Waals surface area (Å²) in [5.41, 5.74) is 5.13. The number of rotatable bonds is 2. The third-order valence-corrected chi connectivity index (χ3v) is 3.88. The first-order valence-corrected chi connectivity index (χ1v) is 7.25. The maximum atomic E-state index is 5.23. The van der Waals surface area contributed by atoms with E-state index in [0.717, 1.165) is 5.75 Å². The summed E-state index contributed by atoms with van der Waals surface area (Å²) >= 11 is 0. The van der Waals surface area contributed by atoms with E-state index in [-0.39, 0.29) is 5.41 Å². The standard InChI is InChI=1S/C19H21NO/c1-19(2,3)15-12-16-6-5-7-18(20(16)13-15)14-8-10-17(21-4)11-9-14/h5-13H,1-4H3. The fourth-order valence-electron chi connectivity index (χ4n) is 2.54. The normalized spacial score (nSPS) is 11.8. The van der Waals surface area contributed by atoms with E-state index in [1.54, 1.807) is 7.11 Å². The topological polar surface area (TPSA) is 13.6 Å². The van der Waals surface area contributed by atoms with Gasteiger partial charge in [-0.2, -0.15) is 0 Å². The maximum absolute atomic E-state index is 5.23. The van der Waals surface area contributed by atoms with Crippen LogP contribution in [0.3, 0.4) is 0 Å². The summed E-state index contributed by atoms with van der Waals surface area (Å²) in [6.07, 6.45) is 2.24. The summed E-state index contributed by atoms with van der Waals surface area (Å²) in [5.74, 6) is 0.883. The molecule has 2 heteroatoms. The summed E-state index contributed by atoms with van der Waals surface area (Å²) in [5, 5.41) is 0. The molecule has 0 fully saturated rings. The molecule has 3 rings (SSSR count). The van der Waals surface area contributed by atoms with Gasteiger partial charge in [0.05, 0.1) is 12.8 Å². The van der Waals surface area contributed by atoms with Crippen LogP contribution >= 0.6 is 0 Å². The molecular formula is C19H21NO. The molecule has 0 spiro atoms. The molecule has 0 aliphatic rings. The number of hydrogen-bond acceptors (Lipinski definition) is 1. The van der Waals surface area contributed by atoms with Crippen molar-refractivity contribution in [3.8, 4) is 17.0 Å². The number of aromatic nitrogens is 1. The van der Waals surface area contributed by atoms with Crippen molar-refractivity contribution in [2.45, 2.75) is 26.2 Å². The Morgan fingerprint density at radius 3 is 2.29 bits per heavy atom. The summed E-state index contributed by atoms with van der Waals surface area (Å²) in [6.45, 7) is 6.73. The third kappa shape index (κ3) is 2.54. The monoisotopic (exact) mass is 279 g/mol. The van der Waals surface area contributed by atoms with Crippen LogP contribution < -0.4 is 4.74 Å². The van der Waals surface area contributed by atoms with Gasteiger partial charge in [0.1, 0.15) is 5.75 Å². The summed E-state index contributed by atoms with van der Waals surface area (Å²) < 4.78 is 7.50. The fourth-order valence-corrected chi connectivity index (χ4v) is 2.54. The molecule has 0 aliphatic carbocycles. The van der Waals surface area contributed by atoms with E-state index in [1.807, 2.05) is 12.1 Å². The quantitative estimate of drug-likeness (QED) is 0.649. The van der Waals surface area contributed by atoms with Gasteiger partial charge in [-0.25, -0.2) is 0 Å². The van der Waals surface area contributed by atoms with Crippen molar-refractivity contribution in [2.75, 3.05) is 7.11 Å². The number of fused-ring (bicyclic) bond motifs is 1. The van der Waals surface area contributed by atoms with Crippen LogP contribution in [0.2, 0.25) is 0 Å². The Morgan fingerprint density at radius 1 is 0.952 bits per heavy atom. The molecule has 0 unspecified atom stereocenters. The van der Waals surface area contributed by atoms with Crippen LogP contribution in [0.25, 0.3) is 16.8 Å². The van der Waals surface area contributed by atoms with Crippen molar-refractivity contribution in [2.24, 2.45) is 0 Å². The first-order valence-electron chi connectivity index (χ1n) is 7.25. The SMILES string of the molecule is COc1ccc(-c2cccc3cc(C(C)(C)C)cn23)cc1. The van der Waals surface area contributed by atoms with Gasteiger partial charge in [0.25, 0.3) is 0 Å². The van der Waals surface area contributed by atoms with Crippen LogP contribution in [0.1, 0.15) is 26.3 Å². The van der Waals surface area contributed by atoms with Crippen molar-refractivity contribution >= 4 is 5.52 Å². The van der Waals surface area contributed by atoms with Crippen LogP contribution in [-0.4, -0.2) is 11.5 Å². The number of pyridine rings is 1. The molecule has 0 aliphatic heterocycles. The Kier molecular flexibility index (Phi) is 3.25. The number of benzene rings is 1. The third-order valence-electron chi connectivity index (χ3n) is 3.88. The predicted octanol–water partition coefficient (Wildman–Crippen LogP) is 4.91. The molecule has 0 radical (unpaired) electrons. The molecule has 1 aromatic carbocycles. The minimum absolute atomic E-state index is 0.156. The van der Waals surface area contributed by atoms with Crippen LogP contribution in [0.5, 0.6) is 5.75 Å². The summed E-state index contributed by atoms with van der Waals surface area (Å²) in [6, 6.07) is 16.9. The van der Waals surface area contributed by atoms with Crippen LogP contribution in [0.15, 0.2) is 54.7 Å². The number of ether oxygens (including phenoxy) is 1. The first-order chi connectivity index (χ1) is 9.99. The van der Waals surface area contributed by atoms with E-state index >= 15 is 0 Å². The van der Waals surface area contributed by atoms with Crippen LogP contribution in [0, 0.1) is 0 Å². The summed E-state index contributed by atoms with van der Waals surface area (Å²) in [7, 11) is 1.69. The smallest absolute Gasteiger partial charge is 0.118 e. The van der Waals surface area contributed by atoms with E-state index in [0.29, 0.717) is 0 Å². The van der Waals surface area contributed by atoms with Gasteiger partial charge >= 0.3 is 0 Å². The van der Waals surface area contributed by atoms with Gasteiger partial charge < -0.3 is 9.14 Å². The molecule has 0 saturated carbocycles. The van der Waals surface area contributed by atoms with Crippen molar-refractivity contribution in [3.63, 3.8) is 0 Å². The predicted molar refractivity (Wildman–Crippen MR) is 88.1 cm³/mol. The van der Waals surface area contributed by atoms with E-state index in [9.17, 15) is 0 Å². The zero-order valence-electron chi connectivity index (χ0n) is 13.1. The Balaban J connectivity index is 2.15. The molecule has 2 heterocycles. The highest BCUT2D eigenvalue weighted by atomic mass is 16.5. The minimum atomic E-state index is 0.156. The van der Waals surface area contributed by atoms with Gasteiger partial charge in [0, 0.05) is 11.7 Å². The second-order valence-corrected chi connectivity index (χ2v) is 6.41. The average Bonchev–Trinajstić information content (AvgIpc) is 2.91. The van der Waals surface area contributed by atoms with E-state index in [2.05, 4.69) is 67.8 Å². The van der Waals surface area contributed by atoms with Crippen molar-refractivity contribution in [1.82, 2.24) is 4.40 Å². The van der Waals surface area contributed by atoms with Gasteiger partial charge in [0.15, 0.2) is 0 Å². The van der Waals surface area contributed by atoms with E-state index in [4.69, 9.17) is 4.74 Å². The lowest BCUT2D eigenvalue weighted by Gasteiger charge is -2.15. The molecule has 0 amide bonds. The highest BCUT2D eigenvalue weighted by Gasteiger charge is 2.16. The molecule has 0 N–H and O–H groups in total. The fraction of sp³-hybridized carbons (Fsp3) is 0.263. The van der Waals surface area contributed by atoms with Crippen LogP contribution in [0.4, 0.5) is 0 Å². The molecule has 108 valence electrons. The summed E-state index contributed by atoms with van der Waals surface area (Å²) in [4.78, 5) is 0. The highest BCUT2D eigenvalue weighted by molar-refractivity contribution is 5.67.